The molecule has 0 bridgehead atoms. The molecule has 0 radical (unpaired) electrons. The third-order valence-corrected chi connectivity index (χ3v) is 2.46. The summed E-state index contributed by atoms with van der Waals surface area (Å²) in [5.74, 6) is 0. The van der Waals surface area contributed by atoms with E-state index in [9.17, 15) is 0 Å². The Labute approximate surface area is 109 Å². The van der Waals surface area contributed by atoms with E-state index in [1.54, 1.807) is 29.1 Å². The summed E-state index contributed by atoms with van der Waals surface area (Å²) >= 11 is 11.9. The Kier molecular flexibility index (Phi) is 4.56. The zero-order valence-corrected chi connectivity index (χ0v) is 10.4. The van der Waals surface area contributed by atoms with Gasteiger partial charge >= 0.3 is 0 Å². The van der Waals surface area contributed by atoms with Crippen LogP contribution in [0.2, 0.25) is 10.0 Å². The normalized spacial score (nSPS) is 9.94. The van der Waals surface area contributed by atoms with Crippen LogP contribution in [-0.4, -0.2) is 15.0 Å². The number of hydrogen-bond donors (Lipinski definition) is 1. The maximum atomic E-state index is 6.00. The van der Waals surface area contributed by atoms with Crippen molar-refractivity contribution in [3.8, 4) is 5.69 Å². The Bertz CT molecular complexity index is 483. The maximum absolute atomic E-state index is 6.00. The highest BCUT2D eigenvalue weighted by atomic mass is 35.5. The van der Waals surface area contributed by atoms with Crippen LogP contribution in [0, 0.1) is 0 Å². The molecule has 0 saturated carbocycles. The monoisotopic (exact) mass is 278 g/mol. The minimum Gasteiger partial charge on any atom is -0.325 e. The minimum atomic E-state index is 0. The molecule has 0 amide bonds. The molecule has 86 valence electrons. The average molecular weight is 280 g/mol. The highest BCUT2D eigenvalue weighted by Gasteiger charge is 2.06. The van der Waals surface area contributed by atoms with Crippen molar-refractivity contribution in [3.63, 3.8) is 0 Å². The molecule has 0 unspecified atom stereocenters. The van der Waals surface area contributed by atoms with Gasteiger partial charge in [-0.25, -0.2) is 4.68 Å². The topological polar surface area (TPSA) is 56.7 Å². The summed E-state index contributed by atoms with van der Waals surface area (Å²) in [6.45, 7) is 0.345. The maximum Gasteiger partial charge on any atom is 0.0967 e. The SMILES string of the molecule is Cl.NCc1cn(-c2cc(Cl)ccc2Cl)nn1. The van der Waals surface area contributed by atoms with Crippen LogP contribution >= 0.6 is 35.6 Å². The Morgan fingerprint density at radius 1 is 1.31 bits per heavy atom. The second-order valence-electron chi connectivity index (χ2n) is 2.95. The van der Waals surface area contributed by atoms with Crippen molar-refractivity contribution >= 4 is 35.6 Å². The quantitative estimate of drug-likeness (QED) is 0.918. The minimum absolute atomic E-state index is 0. The first kappa shape index (κ1) is 13.3. The van der Waals surface area contributed by atoms with Gasteiger partial charge in [-0.05, 0) is 18.2 Å². The molecular weight excluding hydrogens is 270 g/mol. The summed E-state index contributed by atoms with van der Waals surface area (Å²) in [4.78, 5) is 0. The summed E-state index contributed by atoms with van der Waals surface area (Å²) in [7, 11) is 0. The van der Waals surface area contributed by atoms with Gasteiger partial charge in [-0.15, -0.1) is 17.5 Å². The van der Waals surface area contributed by atoms with E-state index in [0.29, 0.717) is 28.0 Å². The van der Waals surface area contributed by atoms with Gasteiger partial charge in [0.1, 0.15) is 0 Å². The van der Waals surface area contributed by atoms with E-state index in [2.05, 4.69) is 10.3 Å². The molecule has 2 aromatic rings. The van der Waals surface area contributed by atoms with E-state index in [1.165, 1.54) is 0 Å². The zero-order chi connectivity index (χ0) is 10.8. The van der Waals surface area contributed by atoms with Gasteiger partial charge in [-0.1, -0.05) is 28.4 Å². The van der Waals surface area contributed by atoms with Crippen molar-refractivity contribution in [2.45, 2.75) is 6.54 Å². The van der Waals surface area contributed by atoms with Crippen LogP contribution in [0.4, 0.5) is 0 Å². The van der Waals surface area contributed by atoms with Gasteiger partial charge in [0.15, 0.2) is 0 Å². The summed E-state index contributed by atoms with van der Waals surface area (Å²) in [5, 5.41) is 8.93. The molecule has 2 rings (SSSR count). The van der Waals surface area contributed by atoms with Crippen LogP contribution in [0.3, 0.4) is 0 Å². The summed E-state index contributed by atoms with van der Waals surface area (Å²) in [6, 6.07) is 5.15. The number of halogens is 3. The average Bonchev–Trinajstić information content (AvgIpc) is 2.70. The molecule has 0 saturated heterocycles. The second-order valence-corrected chi connectivity index (χ2v) is 3.80. The first-order valence-electron chi connectivity index (χ1n) is 4.27. The summed E-state index contributed by atoms with van der Waals surface area (Å²) in [6.07, 6.45) is 1.72. The summed E-state index contributed by atoms with van der Waals surface area (Å²) < 4.78 is 1.55. The molecule has 0 atom stereocenters. The molecule has 4 nitrogen and oxygen atoms in total. The lowest BCUT2D eigenvalue weighted by atomic mass is 10.3. The van der Waals surface area contributed by atoms with E-state index < -0.39 is 0 Å². The van der Waals surface area contributed by atoms with Gasteiger partial charge in [0, 0.05) is 11.6 Å². The highest BCUT2D eigenvalue weighted by Crippen LogP contribution is 2.23. The number of benzene rings is 1. The van der Waals surface area contributed by atoms with Gasteiger partial charge in [-0.3, -0.25) is 0 Å². The van der Waals surface area contributed by atoms with Crippen molar-refractivity contribution in [2.24, 2.45) is 5.73 Å². The molecule has 2 N–H and O–H groups in total. The largest absolute Gasteiger partial charge is 0.325 e. The Balaban J connectivity index is 0.00000128. The number of hydrogen-bond acceptors (Lipinski definition) is 3. The van der Waals surface area contributed by atoms with Crippen molar-refractivity contribution in [2.75, 3.05) is 0 Å². The van der Waals surface area contributed by atoms with Crippen LogP contribution in [0.5, 0.6) is 0 Å². The third kappa shape index (κ3) is 2.65. The second kappa shape index (κ2) is 5.50. The van der Waals surface area contributed by atoms with E-state index in [-0.39, 0.29) is 12.4 Å². The van der Waals surface area contributed by atoms with E-state index in [0.717, 1.165) is 0 Å². The highest BCUT2D eigenvalue weighted by molar-refractivity contribution is 6.34. The predicted octanol–water partition coefficient (Wildman–Crippen LogP) is 2.45. The fourth-order valence-electron chi connectivity index (χ4n) is 1.17. The molecule has 0 spiro atoms. The van der Waals surface area contributed by atoms with E-state index in [4.69, 9.17) is 28.9 Å². The Hall–Kier alpha value is -0.810. The molecule has 0 fully saturated rings. The number of aromatic nitrogens is 3. The van der Waals surface area contributed by atoms with E-state index in [1.807, 2.05) is 0 Å². The van der Waals surface area contributed by atoms with Gasteiger partial charge in [0.25, 0.3) is 0 Å². The van der Waals surface area contributed by atoms with Crippen LogP contribution in [0.15, 0.2) is 24.4 Å². The predicted molar refractivity (Wildman–Crippen MR) is 66.5 cm³/mol. The van der Waals surface area contributed by atoms with Crippen molar-refractivity contribution in [3.05, 3.63) is 40.1 Å². The van der Waals surface area contributed by atoms with Crippen LogP contribution in [0.1, 0.15) is 5.69 Å². The number of nitrogens with two attached hydrogens (primary N) is 1. The molecule has 1 aromatic heterocycles. The van der Waals surface area contributed by atoms with Gasteiger partial charge in [0.2, 0.25) is 0 Å². The van der Waals surface area contributed by atoms with Crippen molar-refractivity contribution in [1.82, 2.24) is 15.0 Å². The number of rotatable bonds is 2. The third-order valence-electron chi connectivity index (χ3n) is 1.90. The number of nitrogens with zero attached hydrogens (tertiary/aromatic N) is 3. The molecule has 1 heterocycles. The van der Waals surface area contributed by atoms with Crippen molar-refractivity contribution < 1.29 is 0 Å². The fourth-order valence-corrected chi connectivity index (χ4v) is 1.54. The van der Waals surface area contributed by atoms with Crippen molar-refractivity contribution in [1.29, 1.82) is 0 Å². The lowest BCUT2D eigenvalue weighted by Crippen LogP contribution is -1.96. The lowest BCUT2D eigenvalue weighted by Gasteiger charge is -2.02. The van der Waals surface area contributed by atoms with Gasteiger partial charge < -0.3 is 5.73 Å². The molecule has 0 aliphatic carbocycles. The Morgan fingerprint density at radius 2 is 2.06 bits per heavy atom. The smallest absolute Gasteiger partial charge is 0.0967 e. The molecule has 1 aromatic carbocycles. The van der Waals surface area contributed by atoms with Gasteiger partial charge in [-0.2, -0.15) is 0 Å². The molecule has 0 aliphatic heterocycles. The summed E-state index contributed by atoms with van der Waals surface area (Å²) in [5.41, 5.74) is 6.83. The Morgan fingerprint density at radius 3 is 2.69 bits per heavy atom. The van der Waals surface area contributed by atoms with Crippen LogP contribution < -0.4 is 5.73 Å². The lowest BCUT2D eigenvalue weighted by molar-refractivity contribution is 0.797. The molecular formula is C9H9Cl3N4. The molecule has 16 heavy (non-hydrogen) atoms. The standard InChI is InChI=1S/C9H8Cl2N4.ClH/c10-6-1-2-8(11)9(3-6)15-5-7(4-12)13-14-15;/h1-3,5H,4,12H2;1H. The first-order chi connectivity index (χ1) is 7.20. The zero-order valence-electron chi connectivity index (χ0n) is 8.10. The molecule has 0 aliphatic rings. The first-order valence-corrected chi connectivity index (χ1v) is 5.03. The van der Waals surface area contributed by atoms with E-state index >= 15 is 0 Å². The van der Waals surface area contributed by atoms with Crippen LogP contribution in [0.25, 0.3) is 5.69 Å². The molecule has 7 heteroatoms. The fraction of sp³-hybridized carbons (Fsp3) is 0.111. The van der Waals surface area contributed by atoms with Crippen LogP contribution in [-0.2, 0) is 6.54 Å². The van der Waals surface area contributed by atoms with Gasteiger partial charge in [0.05, 0.1) is 22.6 Å².